The predicted octanol–water partition coefficient (Wildman–Crippen LogP) is 4.15. The summed E-state index contributed by atoms with van der Waals surface area (Å²) in [5.74, 6) is -13.4. The second-order valence-corrected chi connectivity index (χ2v) is 10.7. The highest BCUT2D eigenvalue weighted by molar-refractivity contribution is 6.42. The summed E-state index contributed by atoms with van der Waals surface area (Å²) in [6.45, 7) is 1.51. The topological polar surface area (TPSA) is 167 Å². The van der Waals surface area contributed by atoms with Crippen molar-refractivity contribution in [1.29, 1.82) is 0 Å². The molecule has 0 saturated heterocycles. The van der Waals surface area contributed by atoms with Gasteiger partial charge in [-0.15, -0.1) is 0 Å². The van der Waals surface area contributed by atoms with Crippen LogP contribution < -0.4 is 5.32 Å². The molecule has 12 heteroatoms. The van der Waals surface area contributed by atoms with Gasteiger partial charge in [0.1, 0.15) is 6.10 Å². The Morgan fingerprint density at radius 3 is 1.95 bits per heavy atom. The molecule has 0 spiro atoms. The van der Waals surface area contributed by atoms with Crippen LogP contribution in [0.5, 0.6) is 0 Å². The second kappa shape index (κ2) is 12.2. The van der Waals surface area contributed by atoms with Gasteiger partial charge in [-0.25, -0.2) is 4.79 Å². The number of hydrogen-bond acceptors (Lipinski definition) is 6. The van der Waals surface area contributed by atoms with Crippen molar-refractivity contribution in [2.24, 2.45) is 23.7 Å². The number of benzene rings is 3. The van der Waals surface area contributed by atoms with Gasteiger partial charge in [-0.2, -0.15) is 0 Å². The van der Waals surface area contributed by atoms with Crippen LogP contribution in [-0.2, 0) is 30.3 Å². The highest BCUT2D eigenvalue weighted by Crippen LogP contribution is 2.47. The summed E-state index contributed by atoms with van der Waals surface area (Å²) in [4.78, 5) is 61.5. The monoisotopic (exact) mass is 601 g/mol. The number of nitrogens with one attached hydrogen (secondary N) is 1. The van der Waals surface area contributed by atoms with E-state index in [4.69, 9.17) is 27.9 Å². The predicted molar refractivity (Wildman–Crippen MR) is 148 cm³/mol. The van der Waals surface area contributed by atoms with E-state index in [1.54, 1.807) is 36.4 Å². The summed E-state index contributed by atoms with van der Waals surface area (Å²) in [6.07, 6.45) is -0.956. The minimum Gasteiger partial charge on any atom is -0.481 e. The Labute approximate surface area is 243 Å². The molecule has 41 heavy (non-hydrogen) atoms. The fraction of sp³-hybridized carbons (Fsp3) is 0.276. The summed E-state index contributed by atoms with van der Waals surface area (Å²) >= 11 is 12.2. The summed E-state index contributed by atoms with van der Waals surface area (Å²) < 4.78 is 5.81. The molecule has 3 aromatic rings. The first-order valence-corrected chi connectivity index (χ1v) is 13.3. The molecule has 1 aliphatic carbocycles. The minimum atomic E-state index is -1.77. The zero-order chi connectivity index (χ0) is 30.0. The third-order valence-electron chi connectivity index (χ3n) is 7.30. The maximum Gasteiger partial charge on any atom is 0.338 e. The van der Waals surface area contributed by atoms with Crippen molar-refractivity contribution in [3.63, 3.8) is 0 Å². The molecule has 214 valence electrons. The van der Waals surface area contributed by atoms with Gasteiger partial charge >= 0.3 is 23.9 Å². The Morgan fingerprint density at radius 1 is 0.780 bits per heavy atom. The van der Waals surface area contributed by atoms with E-state index < -0.39 is 65.6 Å². The van der Waals surface area contributed by atoms with Crippen molar-refractivity contribution < 1.29 is 44.0 Å². The van der Waals surface area contributed by atoms with Crippen molar-refractivity contribution in [1.82, 2.24) is 5.32 Å². The second-order valence-electron chi connectivity index (χ2n) is 9.87. The average molecular weight is 602 g/mol. The molecular formula is C29H25Cl2NO9. The standard InChI is InChI=1S/C29H25Cl2NO9/c1-13(32-25(33)21-22(26(34)35)24(28(38)39)23(21)27(36)37)20(11-14-6-9-18(30)19(31)10-14)41-29(40)17-8-7-15-4-2-3-5-16(15)12-17/h2-10,12-13,20-24H,11H2,1H3,(H,32,33)(H,34,35)(H,36,37)(H,38,39)/t13-,20+,21?,22+,23+,24?/m0/s1. The first-order chi connectivity index (χ1) is 19.4. The SMILES string of the molecule is C[C@H](NC(=O)C1[C@@H](C(=O)O)C(C(=O)O)[C@@H]1C(=O)O)[C@@H](Cc1ccc(Cl)c(Cl)c1)OC(=O)c1ccc2ccccc2c1. The van der Waals surface area contributed by atoms with Crippen molar-refractivity contribution in [2.75, 3.05) is 0 Å². The first kappa shape index (κ1) is 29.8. The van der Waals surface area contributed by atoms with Gasteiger partial charge in [0.15, 0.2) is 0 Å². The number of aliphatic carboxylic acids is 3. The van der Waals surface area contributed by atoms with Crippen molar-refractivity contribution >= 4 is 63.8 Å². The number of hydrogen-bond donors (Lipinski definition) is 4. The van der Waals surface area contributed by atoms with E-state index >= 15 is 0 Å². The van der Waals surface area contributed by atoms with Crippen molar-refractivity contribution in [3.05, 3.63) is 81.8 Å². The van der Waals surface area contributed by atoms with E-state index in [1.807, 2.05) is 24.3 Å². The van der Waals surface area contributed by atoms with Gasteiger partial charge in [-0.3, -0.25) is 19.2 Å². The number of carboxylic acids is 3. The lowest BCUT2D eigenvalue weighted by Gasteiger charge is -2.44. The highest BCUT2D eigenvalue weighted by atomic mass is 35.5. The molecule has 1 amide bonds. The smallest absolute Gasteiger partial charge is 0.338 e. The van der Waals surface area contributed by atoms with E-state index in [-0.39, 0.29) is 17.0 Å². The van der Waals surface area contributed by atoms with Gasteiger partial charge in [0.2, 0.25) is 5.91 Å². The molecule has 1 aliphatic rings. The number of halogens is 2. The van der Waals surface area contributed by atoms with Gasteiger partial charge in [-0.05, 0) is 47.5 Å². The fourth-order valence-corrected chi connectivity index (χ4v) is 5.47. The van der Waals surface area contributed by atoms with Gasteiger partial charge in [-0.1, -0.05) is 59.6 Å². The van der Waals surface area contributed by atoms with Crippen molar-refractivity contribution in [2.45, 2.75) is 25.5 Å². The number of carbonyl (C=O) groups is 5. The molecular weight excluding hydrogens is 577 g/mol. The molecule has 0 aromatic heterocycles. The first-order valence-electron chi connectivity index (χ1n) is 12.5. The molecule has 3 aromatic carbocycles. The molecule has 10 nitrogen and oxygen atoms in total. The average Bonchev–Trinajstić information content (AvgIpc) is 2.88. The fourth-order valence-electron chi connectivity index (χ4n) is 5.15. The number of carbonyl (C=O) groups excluding carboxylic acids is 2. The Kier molecular flexibility index (Phi) is 8.84. The van der Waals surface area contributed by atoms with Gasteiger partial charge in [0, 0.05) is 6.42 Å². The molecule has 0 heterocycles. The van der Waals surface area contributed by atoms with Gasteiger partial charge in [0.25, 0.3) is 0 Å². The number of carboxylic acid groups (broad SMARTS) is 3. The lowest BCUT2D eigenvalue weighted by atomic mass is 9.56. The minimum absolute atomic E-state index is 0.0603. The molecule has 4 N–H and O–H groups in total. The molecule has 0 radical (unpaired) electrons. The number of ether oxygens (including phenoxy) is 1. The van der Waals surface area contributed by atoms with Gasteiger partial charge < -0.3 is 25.4 Å². The summed E-state index contributed by atoms with van der Waals surface area (Å²) in [6, 6.07) is 16.3. The third-order valence-corrected chi connectivity index (χ3v) is 8.04. The lowest BCUT2D eigenvalue weighted by molar-refractivity contribution is -0.187. The van der Waals surface area contributed by atoms with Crippen LogP contribution in [0.4, 0.5) is 0 Å². The molecule has 0 unspecified atom stereocenters. The summed E-state index contributed by atoms with van der Waals surface area (Å²) in [5, 5.41) is 33.3. The van der Waals surface area contributed by atoms with Crippen LogP contribution in [0.3, 0.4) is 0 Å². The van der Waals surface area contributed by atoms with Crippen LogP contribution in [0.25, 0.3) is 10.8 Å². The Balaban J connectivity index is 1.59. The van der Waals surface area contributed by atoms with E-state index in [1.165, 1.54) is 6.92 Å². The molecule has 0 bridgehead atoms. The van der Waals surface area contributed by atoms with Crippen LogP contribution in [0, 0.1) is 23.7 Å². The van der Waals surface area contributed by atoms with E-state index in [2.05, 4.69) is 5.32 Å². The van der Waals surface area contributed by atoms with Crippen molar-refractivity contribution in [3.8, 4) is 0 Å². The normalized spacial score (nSPS) is 21.2. The summed E-state index contributed by atoms with van der Waals surface area (Å²) in [5.41, 5.74) is 0.861. The van der Waals surface area contributed by atoms with Crippen LogP contribution in [-0.4, -0.2) is 57.2 Å². The Morgan fingerprint density at radius 2 is 1.37 bits per heavy atom. The van der Waals surface area contributed by atoms with E-state index in [0.29, 0.717) is 10.6 Å². The van der Waals surface area contributed by atoms with Crippen LogP contribution >= 0.6 is 23.2 Å². The van der Waals surface area contributed by atoms with E-state index in [0.717, 1.165) is 10.8 Å². The highest BCUT2D eigenvalue weighted by Gasteiger charge is 2.64. The zero-order valence-corrected chi connectivity index (χ0v) is 23.0. The lowest BCUT2D eigenvalue weighted by Crippen LogP contribution is -2.63. The number of fused-ring (bicyclic) bond motifs is 1. The molecule has 1 fully saturated rings. The quantitative estimate of drug-likeness (QED) is 0.249. The molecule has 4 atom stereocenters. The molecule has 0 aliphatic heterocycles. The summed E-state index contributed by atoms with van der Waals surface area (Å²) in [7, 11) is 0. The largest absolute Gasteiger partial charge is 0.481 e. The van der Waals surface area contributed by atoms with Crippen LogP contribution in [0.1, 0.15) is 22.8 Å². The third kappa shape index (κ3) is 6.28. The molecule has 1 saturated carbocycles. The maximum absolute atomic E-state index is 13.2. The van der Waals surface area contributed by atoms with Crippen LogP contribution in [0.2, 0.25) is 10.0 Å². The Bertz CT molecular complexity index is 1520. The van der Waals surface area contributed by atoms with Crippen LogP contribution in [0.15, 0.2) is 60.7 Å². The Hall–Kier alpha value is -4.15. The number of rotatable bonds is 10. The van der Waals surface area contributed by atoms with Gasteiger partial charge in [0.05, 0.1) is 45.3 Å². The zero-order valence-electron chi connectivity index (χ0n) is 21.5. The maximum atomic E-state index is 13.2. The number of amides is 1. The number of esters is 1. The van der Waals surface area contributed by atoms with E-state index in [9.17, 15) is 39.3 Å². The molecule has 4 rings (SSSR count).